The van der Waals surface area contributed by atoms with Crippen LogP contribution in [-0.2, 0) is 0 Å². The molecule has 1 aliphatic rings. The van der Waals surface area contributed by atoms with E-state index in [-0.39, 0.29) is 0 Å². The Balaban J connectivity index is 1.64. The number of anilines is 2. The number of nitrogens with two attached hydrogens (primary N) is 1. The van der Waals surface area contributed by atoms with E-state index < -0.39 is 0 Å². The van der Waals surface area contributed by atoms with E-state index in [1.165, 1.54) is 38.5 Å². The topological polar surface area (TPSA) is 64.1 Å². The minimum absolute atomic E-state index is 0.484. The Hall–Kier alpha value is -1.71. The highest BCUT2D eigenvalue weighted by Gasteiger charge is 2.21. The Morgan fingerprint density at radius 2 is 2.10 bits per heavy atom. The van der Waals surface area contributed by atoms with Gasteiger partial charge in [0.05, 0.1) is 5.69 Å². The van der Waals surface area contributed by atoms with Gasteiger partial charge in [0.15, 0.2) is 5.58 Å². The van der Waals surface area contributed by atoms with Crippen molar-refractivity contribution in [3.8, 4) is 0 Å². The number of fused-ring (bicyclic) bond motifs is 1. The van der Waals surface area contributed by atoms with Crippen molar-refractivity contribution in [2.45, 2.75) is 51.5 Å². The first kappa shape index (κ1) is 13.3. The van der Waals surface area contributed by atoms with Crippen LogP contribution in [-0.4, -0.2) is 11.0 Å². The summed E-state index contributed by atoms with van der Waals surface area (Å²) in [4.78, 5) is 4.46. The van der Waals surface area contributed by atoms with E-state index in [2.05, 4.69) is 17.2 Å². The minimum Gasteiger partial charge on any atom is -0.423 e. The smallest absolute Gasteiger partial charge is 0.295 e. The van der Waals surface area contributed by atoms with Crippen molar-refractivity contribution >= 4 is 22.8 Å². The molecule has 1 heterocycles. The average molecular weight is 273 g/mol. The van der Waals surface area contributed by atoms with E-state index in [4.69, 9.17) is 10.2 Å². The zero-order valence-corrected chi connectivity index (χ0v) is 12.1. The Morgan fingerprint density at radius 1 is 1.30 bits per heavy atom. The highest BCUT2D eigenvalue weighted by Crippen LogP contribution is 2.30. The molecule has 0 amide bonds. The molecule has 1 aromatic carbocycles. The Labute approximate surface area is 119 Å². The number of hydrogen-bond donors (Lipinski definition) is 2. The van der Waals surface area contributed by atoms with E-state index in [0.717, 1.165) is 17.0 Å². The number of nitrogen functional groups attached to an aromatic ring is 1. The molecule has 0 atom stereocenters. The second-order valence-electron chi connectivity index (χ2n) is 5.86. The monoisotopic (exact) mass is 273 g/mol. The number of para-hydroxylation sites is 1. The lowest BCUT2D eigenvalue weighted by molar-refractivity contribution is 0.316. The quantitative estimate of drug-likeness (QED) is 0.820. The average Bonchev–Trinajstić information content (AvgIpc) is 2.85. The van der Waals surface area contributed by atoms with Crippen LogP contribution in [0.1, 0.15) is 45.4 Å². The lowest BCUT2D eigenvalue weighted by Crippen LogP contribution is -2.26. The molecule has 20 heavy (non-hydrogen) atoms. The number of aromatic nitrogens is 1. The molecule has 0 bridgehead atoms. The standard InChI is InChI=1S/C16H23N3O/c1-2-4-11-7-9-12(10-8-11)18-16-19-15-13(17)5-3-6-14(15)20-16/h3,5-6,11-12H,2,4,7-10,17H2,1H3,(H,18,19). The SMILES string of the molecule is CCCC1CCC(Nc2nc3c(N)cccc3o2)CC1. The number of hydrogen-bond acceptors (Lipinski definition) is 4. The van der Waals surface area contributed by atoms with Crippen molar-refractivity contribution in [3.05, 3.63) is 18.2 Å². The fourth-order valence-corrected chi connectivity index (χ4v) is 3.21. The summed E-state index contributed by atoms with van der Waals surface area (Å²) in [5.74, 6) is 0.914. The molecule has 1 aromatic heterocycles. The molecule has 0 saturated heterocycles. The molecule has 2 aromatic rings. The summed E-state index contributed by atoms with van der Waals surface area (Å²) in [6.45, 7) is 2.27. The van der Waals surface area contributed by atoms with Crippen molar-refractivity contribution in [2.24, 2.45) is 5.92 Å². The highest BCUT2D eigenvalue weighted by atomic mass is 16.4. The van der Waals surface area contributed by atoms with Crippen LogP contribution in [0.15, 0.2) is 22.6 Å². The van der Waals surface area contributed by atoms with E-state index in [0.29, 0.717) is 17.7 Å². The van der Waals surface area contributed by atoms with Gasteiger partial charge in [0.25, 0.3) is 6.01 Å². The summed E-state index contributed by atoms with van der Waals surface area (Å²) in [6.07, 6.45) is 7.71. The van der Waals surface area contributed by atoms with Crippen LogP contribution in [0.5, 0.6) is 0 Å². The molecule has 0 spiro atoms. The van der Waals surface area contributed by atoms with Gasteiger partial charge in [0, 0.05) is 6.04 Å². The van der Waals surface area contributed by atoms with Gasteiger partial charge in [-0.3, -0.25) is 0 Å². The first-order chi connectivity index (χ1) is 9.76. The molecule has 0 aliphatic heterocycles. The van der Waals surface area contributed by atoms with Crippen molar-refractivity contribution < 1.29 is 4.42 Å². The van der Waals surface area contributed by atoms with E-state index >= 15 is 0 Å². The molecular weight excluding hydrogens is 250 g/mol. The van der Waals surface area contributed by atoms with Gasteiger partial charge in [0.1, 0.15) is 5.52 Å². The van der Waals surface area contributed by atoms with Gasteiger partial charge in [-0.1, -0.05) is 25.8 Å². The lowest BCUT2D eigenvalue weighted by atomic mass is 9.83. The lowest BCUT2D eigenvalue weighted by Gasteiger charge is -2.28. The zero-order chi connectivity index (χ0) is 13.9. The van der Waals surface area contributed by atoms with Gasteiger partial charge < -0.3 is 15.5 Å². The fraction of sp³-hybridized carbons (Fsp3) is 0.562. The van der Waals surface area contributed by atoms with Crippen molar-refractivity contribution in [3.63, 3.8) is 0 Å². The van der Waals surface area contributed by atoms with E-state index in [1.807, 2.05) is 18.2 Å². The largest absolute Gasteiger partial charge is 0.423 e. The third-order valence-corrected chi connectivity index (χ3v) is 4.32. The summed E-state index contributed by atoms with van der Waals surface area (Å²) in [5.41, 5.74) is 8.09. The molecular formula is C16H23N3O. The van der Waals surface area contributed by atoms with Crippen molar-refractivity contribution in [2.75, 3.05) is 11.1 Å². The first-order valence-electron chi connectivity index (χ1n) is 7.68. The molecule has 0 unspecified atom stereocenters. The maximum atomic E-state index is 5.90. The predicted molar refractivity (Wildman–Crippen MR) is 82.7 cm³/mol. The molecule has 4 heteroatoms. The zero-order valence-electron chi connectivity index (χ0n) is 12.1. The Bertz CT molecular complexity index is 570. The minimum atomic E-state index is 0.484. The summed E-state index contributed by atoms with van der Waals surface area (Å²) in [6, 6.07) is 6.74. The highest BCUT2D eigenvalue weighted by molar-refractivity contribution is 5.86. The number of rotatable bonds is 4. The van der Waals surface area contributed by atoms with Gasteiger partial charge in [-0.2, -0.15) is 4.98 Å². The van der Waals surface area contributed by atoms with Gasteiger partial charge in [0.2, 0.25) is 0 Å². The van der Waals surface area contributed by atoms with Crippen LogP contribution < -0.4 is 11.1 Å². The van der Waals surface area contributed by atoms with Crippen LogP contribution in [0.2, 0.25) is 0 Å². The van der Waals surface area contributed by atoms with Crippen LogP contribution in [0.25, 0.3) is 11.1 Å². The van der Waals surface area contributed by atoms with Gasteiger partial charge in [-0.15, -0.1) is 0 Å². The van der Waals surface area contributed by atoms with Crippen LogP contribution in [0.4, 0.5) is 11.7 Å². The van der Waals surface area contributed by atoms with Gasteiger partial charge in [-0.25, -0.2) is 0 Å². The molecule has 3 N–H and O–H groups in total. The third-order valence-electron chi connectivity index (χ3n) is 4.32. The second kappa shape index (κ2) is 5.73. The van der Waals surface area contributed by atoms with Crippen LogP contribution in [0.3, 0.4) is 0 Å². The third kappa shape index (κ3) is 2.74. The Kier molecular flexibility index (Phi) is 3.81. The van der Waals surface area contributed by atoms with E-state index in [9.17, 15) is 0 Å². The first-order valence-corrected chi connectivity index (χ1v) is 7.68. The van der Waals surface area contributed by atoms with Crippen molar-refractivity contribution in [1.82, 2.24) is 4.98 Å². The Morgan fingerprint density at radius 3 is 2.80 bits per heavy atom. The van der Waals surface area contributed by atoms with Crippen LogP contribution in [0, 0.1) is 5.92 Å². The fourth-order valence-electron chi connectivity index (χ4n) is 3.21. The maximum absolute atomic E-state index is 5.90. The molecule has 1 saturated carbocycles. The van der Waals surface area contributed by atoms with Gasteiger partial charge >= 0.3 is 0 Å². The van der Waals surface area contributed by atoms with Crippen molar-refractivity contribution in [1.29, 1.82) is 0 Å². The van der Waals surface area contributed by atoms with Gasteiger partial charge in [-0.05, 0) is 43.7 Å². The maximum Gasteiger partial charge on any atom is 0.295 e. The molecule has 1 fully saturated rings. The number of nitrogens with zero attached hydrogens (tertiary/aromatic N) is 1. The summed E-state index contributed by atoms with van der Waals surface area (Å²) in [7, 11) is 0. The predicted octanol–water partition coefficient (Wildman–Crippen LogP) is 4.18. The number of nitrogens with one attached hydrogen (secondary N) is 1. The summed E-state index contributed by atoms with van der Waals surface area (Å²) < 4.78 is 5.72. The molecule has 3 rings (SSSR count). The number of oxazole rings is 1. The normalized spacial score (nSPS) is 23.1. The number of benzene rings is 1. The molecule has 1 aliphatic carbocycles. The van der Waals surface area contributed by atoms with E-state index in [1.54, 1.807) is 0 Å². The molecule has 0 radical (unpaired) electrons. The summed E-state index contributed by atoms with van der Waals surface area (Å²) in [5, 5.41) is 3.43. The second-order valence-corrected chi connectivity index (χ2v) is 5.86. The molecule has 4 nitrogen and oxygen atoms in total. The summed E-state index contributed by atoms with van der Waals surface area (Å²) >= 11 is 0. The molecule has 108 valence electrons. The van der Waals surface area contributed by atoms with Crippen LogP contribution >= 0.6 is 0 Å².